The molecule has 0 spiro atoms. The van der Waals surface area contributed by atoms with Crippen LogP contribution in [0.5, 0.6) is 0 Å². The Morgan fingerprint density at radius 2 is 2.27 bits per heavy atom. The molecule has 0 saturated carbocycles. The highest BCUT2D eigenvalue weighted by molar-refractivity contribution is 7.83. The average molecular weight is 165 g/mol. The molecule has 1 aromatic rings. The van der Waals surface area contributed by atoms with Crippen LogP contribution in [-0.4, -0.2) is 0 Å². The number of hydrogen-bond donors (Lipinski definition) is 2. The fourth-order valence-corrected chi connectivity index (χ4v) is 1.05. The summed E-state index contributed by atoms with van der Waals surface area (Å²) in [5.74, 6) is 0. The van der Waals surface area contributed by atoms with Crippen molar-refractivity contribution in [3.63, 3.8) is 0 Å². The van der Waals surface area contributed by atoms with Gasteiger partial charge in [-0.15, -0.1) is 12.6 Å². The molecule has 58 valence electrons. The smallest absolute Gasteiger partial charge is 0.0449 e. The summed E-state index contributed by atoms with van der Waals surface area (Å²) in [7, 11) is 0. The van der Waals surface area contributed by atoms with Gasteiger partial charge in [-0.1, -0.05) is 23.8 Å². The average Bonchev–Trinajstić information content (AvgIpc) is 2.03. The predicted octanol–water partition coefficient (Wildman–Crippen LogP) is 2.18. The van der Waals surface area contributed by atoms with Crippen molar-refractivity contribution in [3.05, 3.63) is 40.8 Å². The molecule has 11 heavy (non-hydrogen) atoms. The number of nitrogens with two attached hydrogens (primary N) is 1. The maximum Gasteiger partial charge on any atom is 0.0449 e. The molecule has 2 heteroatoms. The van der Waals surface area contributed by atoms with Crippen molar-refractivity contribution >= 4 is 18.3 Å². The summed E-state index contributed by atoms with van der Waals surface area (Å²) in [5, 5.41) is 1.61. The first-order chi connectivity index (χ1) is 5.24. The van der Waals surface area contributed by atoms with Crippen molar-refractivity contribution in [2.45, 2.75) is 6.92 Å². The minimum Gasteiger partial charge on any atom is -0.398 e. The lowest BCUT2D eigenvalue weighted by Gasteiger charge is -2.00. The lowest BCUT2D eigenvalue weighted by Crippen LogP contribution is -1.94. The standard InChI is InChI=1S/C9H11NS/c1-7-3-2-4-8(5-7)9(10)6-11/h2-6,11H,10H2,1H3/b9-6-. The zero-order chi connectivity index (χ0) is 8.27. The summed E-state index contributed by atoms with van der Waals surface area (Å²) in [6, 6.07) is 8.02. The molecule has 0 aliphatic rings. The Balaban J connectivity index is 3.06. The minimum atomic E-state index is 0.706. The van der Waals surface area contributed by atoms with E-state index in [2.05, 4.69) is 12.6 Å². The van der Waals surface area contributed by atoms with Gasteiger partial charge in [0.05, 0.1) is 0 Å². The van der Waals surface area contributed by atoms with E-state index in [1.165, 1.54) is 5.56 Å². The predicted molar refractivity (Wildman–Crippen MR) is 52.3 cm³/mol. The Morgan fingerprint density at radius 1 is 1.55 bits per heavy atom. The highest BCUT2D eigenvalue weighted by atomic mass is 32.1. The first-order valence-electron chi connectivity index (χ1n) is 3.41. The molecule has 1 rings (SSSR count). The van der Waals surface area contributed by atoms with E-state index in [1.54, 1.807) is 5.41 Å². The molecular weight excluding hydrogens is 154 g/mol. The van der Waals surface area contributed by atoms with Crippen LogP contribution in [0.1, 0.15) is 11.1 Å². The summed E-state index contributed by atoms with van der Waals surface area (Å²) in [5.41, 5.74) is 8.59. The summed E-state index contributed by atoms with van der Waals surface area (Å²) >= 11 is 3.97. The van der Waals surface area contributed by atoms with Gasteiger partial charge in [0.15, 0.2) is 0 Å². The Kier molecular flexibility index (Phi) is 2.60. The van der Waals surface area contributed by atoms with Gasteiger partial charge >= 0.3 is 0 Å². The van der Waals surface area contributed by atoms with E-state index in [9.17, 15) is 0 Å². The zero-order valence-electron chi connectivity index (χ0n) is 6.41. The number of rotatable bonds is 1. The second kappa shape index (κ2) is 3.49. The number of hydrogen-bond acceptors (Lipinski definition) is 2. The third-order valence-corrected chi connectivity index (χ3v) is 1.77. The third-order valence-electron chi connectivity index (χ3n) is 1.49. The van der Waals surface area contributed by atoms with Gasteiger partial charge < -0.3 is 5.73 Å². The Bertz CT molecular complexity index is 279. The Morgan fingerprint density at radius 3 is 2.82 bits per heavy atom. The van der Waals surface area contributed by atoms with Crippen molar-refractivity contribution in [2.75, 3.05) is 0 Å². The largest absolute Gasteiger partial charge is 0.398 e. The Labute approximate surface area is 72.3 Å². The van der Waals surface area contributed by atoms with Crippen molar-refractivity contribution in [1.29, 1.82) is 0 Å². The van der Waals surface area contributed by atoms with Gasteiger partial charge in [-0.05, 0) is 24.0 Å². The van der Waals surface area contributed by atoms with Crippen LogP contribution in [-0.2, 0) is 0 Å². The highest BCUT2D eigenvalue weighted by Crippen LogP contribution is 2.10. The van der Waals surface area contributed by atoms with Crippen molar-refractivity contribution in [2.24, 2.45) is 5.73 Å². The molecule has 0 atom stereocenters. The maximum absolute atomic E-state index is 5.65. The van der Waals surface area contributed by atoms with Crippen molar-refractivity contribution < 1.29 is 0 Å². The SMILES string of the molecule is Cc1cccc(/C(N)=C/S)c1. The molecule has 0 aliphatic carbocycles. The number of benzene rings is 1. The van der Waals surface area contributed by atoms with Crippen LogP contribution in [0.4, 0.5) is 0 Å². The molecule has 1 aromatic carbocycles. The number of thiol groups is 1. The van der Waals surface area contributed by atoms with Gasteiger partial charge in [0.25, 0.3) is 0 Å². The van der Waals surface area contributed by atoms with E-state index in [4.69, 9.17) is 5.73 Å². The van der Waals surface area contributed by atoms with Crippen LogP contribution in [0.15, 0.2) is 29.7 Å². The fourth-order valence-electron chi connectivity index (χ4n) is 0.899. The van der Waals surface area contributed by atoms with Crippen LogP contribution < -0.4 is 5.73 Å². The summed E-state index contributed by atoms with van der Waals surface area (Å²) in [6.07, 6.45) is 0. The molecule has 2 N–H and O–H groups in total. The second-order valence-electron chi connectivity index (χ2n) is 2.45. The molecular formula is C9H11NS. The first-order valence-corrected chi connectivity index (χ1v) is 3.92. The van der Waals surface area contributed by atoms with Crippen molar-refractivity contribution in [3.8, 4) is 0 Å². The molecule has 0 saturated heterocycles. The van der Waals surface area contributed by atoms with Gasteiger partial charge in [-0.25, -0.2) is 0 Å². The van der Waals surface area contributed by atoms with Gasteiger partial charge in [0.1, 0.15) is 0 Å². The summed E-state index contributed by atoms with van der Waals surface area (Å²) in [6.45, 7) is 2.04. The molecule has 0 bridgehead atoms. The summed E-state index contributed by atoms with van der Waals surface area (Å²) in [4.78, 5) is 0. The molecule has 0 heterocycles. The molecule has 1 nitrogen and oxygen atoms in total. The number of aryl methyl sites for hydroxylation is 1. The van der Waals surface area contributed by atoms with Crippen LogP contribution in [0, 0.1) is 6.92 Å². The topological polar surface area (TPSA) is 26.0 Å². The van der Waals surface area contributed by atoms with Crippen molar-refractivity contribution in [1.82, 2.24) is 0 Å². The molecule has 0 unspecified atom stereocenters. The van der Waals surface area contributed by atoms with Gasteiger partial charge in [-0.3, -0.25) is 0 Å². The lowest BCUT2D eigenvalue weighted by molar-refractivity contribution is 1.43. The quantitative estimate of drug-likeness (QED) is 0.613. The Hall–Kier alpha value is -0.890. The van der Waals surface area contributed by atoms with Crippen LogP contribution in [0.25, 0.3) is 5.70 Å². The van der Waals surface area contributed by atoms with E-state index >= 15 is 0 Å². The monoisotopic (exact) mass is 165 g/mol. The summed E-state index contributed by atoms with van der Waals surface area (Å²) < 4.78 is 0. The van der Waals surface area contributed by atoms with Crippen LogP contribution in [0.2, 0.25) is 0 Å². The lowest BCUT2D eigenvalue weighted by atomic mass is 10.1. The first kappa shape index (κ1) is 8.21. The van der Waals surface area contributed by atoms with E-state index in [1.807, 2.05) is 31.2 Å². The van der Waals surface area contributed by atoms with E-state index in [-0.39, 0.29) is 0 Å². The third kappa shape index (κ3) is 2.02. The molecule has 0 radical (unpaired) electrons. The zero-order valence-corrected chi connectivity index (χ0v) is 7.31. The van der Waals surface area contributed by atoms with E-state index < -0.39 is 0 Å². The molecule has 0 aromatic heterocycles. The molecule has 0 amide bonds. The van der Waals surface area contributed by atoms with Crippen LogP contribution in [0.3, 0.4) is 0 Å². The van der Waals surface area contributed by atoms with E-state index in [0.29, 0.717) is 5.70 Å². The fraction of sp³-hybridized carbons (Fsp3) is 0.111. The molecule has 0 aliphatic heterocycles. The van der Waals surface area contributed by atoms with Crippen LogP contribution >= 0.6 is 12.6 Å². The normalized spacial score (nSPS) is 11.6. The van der Waals surface area contributed by atoms with Gasteiger partial charge in [-0.2, -0.15) is 0 Å². The molecule has 0 fully saturated rings. The minimum absolute atomic E-state index is 0.706. The van der Waals surface area contributed by atoms with E-state index in [0.717, 1.165) is 5.56 Å². The highest BCUT2D eigenvalue weighted by Gasteiger charge is 1.93. The second-order valence-corrected chi connectivity index (χ2v) is 2.71. The maximum atomic E-state index is 5.65. The van der Waals surface area contributed by atoms with Gasteiger partial charge in [0.2, 0.25) is 0 Å². The van der Waals surface area contributed by atoms with Gasteiger partial charge in [0, 0.05) is 5.70 Å².